The van der Waals surface area contributed by atoms with Crippen LogP contribution < -0.4 is 16.4 Å². The molecule has 0 aromatic heterocycles. The van der Waals surface area contributed by atoms with Gasteiger partial charge in [-0.05, 0) is 39.2 Å². The van der Waals surface area contributed by atoms with E-state index >= 15 is 0 Å². The Morgan fingerprint density at radius 3 is 2.69 bits per heavy atom. The molecule has 0 heterocycles. The third kappa shape index (κ3) is 3.19. The molecule has 0 radical (unpaired) electrons. The predicted octanol–water partition coefficient (Wildman–Crippen LogP) is 0.476. The van der Waals surface area contributed by atoms with E-state index in [2.05, 4.69) is 10.6 Å². The Morgan fingerprint density at radius 1 is 1.44 bits per heavy atom. The average molecular weight is 227 g/mol. The van der Waals surface area contributed by atoms with E-state index in [9.17, 15) is 4.79 Å². The first-order valence-electron chi connectivity index (χ1n) is 6.17. The Hall–Kier alpha value is -0.610. The molecule has 2 unspecified atom stereocenters. The van der Waals surface area contributed by atoms with Crippen molar-refractivity contribution in [2.75, 3.05) is 20.1 Å². The first-order chi connectivity index (χ1) is 7.51. The van der Waals surface area contributed by atoms with Gasteiger partial charge < -0.3 is 16.4 Å². The fourth-order valence-corrected chi connectivity index (χ4v) is 2.39. The van der Waals surface area contributed by atoms with Crippen LogP contribution in [0.25, 0.3) is 0 Å². The number of carbonyl (C=O) groups is 1. The van der Waals surface area contributed by atoms with Crippen molar-refractivity contribution in [3.05, 3.63) is 0 Å². The van der Waals surface area contributed by atoms with Crippen LogP contribution >= 0.6 is 0 Å². The topological polar surface area (TPSA) is 67.2 Å². The Bertz CT molecular complexity index is 240. The quantitative estimate of drug-likeness (QED) is 0.640. The Morgan fingerprint density at radius 2 is 2.12 bits per heavy atom. The Balaban J connectivity index is 2.41. The lowest BCUT2D eigenvalue weighted by molar-refractivity contribution is -0.128. The highest BCUT2D eigenvalue weighted by atomic mass is 16.2. The molecular formula is C12H25N3O. The van der Waals surface area contributed by atoms with E-state index in [4.69, 9.17) is 5.73 Å². The van der Waals surface area contributed by atoms with Gasteiger partial charge in [0.25, 0.3) is 0 Å². The highest BCUT2D eigenvalue weighted by Gasteiger charge is 2.31. The van der Waals surface area contributed by atoms with Gasteiger partial charge in [-0.1, -0.05) is 6.42 Å². The minimum Gasteiger partial charge on any atom is -0.359 e. The number of nitrogens with two attached hydrogens (primary N) is 1. The largest absolute Gasteiger partial charge is 0.359 e. The number of carbonyl (C=O) groups excluding carboxylic acids is 1. The summed E-state index contributed by atoms with van der Waals surface area (Å²) < 4.78 is 0. The second-order valence-electron chi connectivity index (χ2n) is 5.38. The summed E-state index contributed by atoms with van der Waals surface area (Å²) >= 11 is 0. The number of hydrogen-bond acceptors (Lipinski definition) is 3. The first kappa shape index (κ1) is 13.5. The molecule has 4 heteroatoms. The smallest absolute Gasteiger partial charge is 0.226 e. The molecule has 0 bridgehead atoms. The monoisotopic (exact) mass is 227 g/mol. The van der Waals surface area contributed by atoms with Crippen LogP contribution in [0.3, 0.4) is 0 Å². The first-order valence-corrected chi connectivity index (χ1v) is 6.17. The van der Waals surface area contributed by atoms with E-state index in [1.807, 2.05) is 13.8 Å². The lowest BCUT2D eigenvalue weighted by atomic mass is 9.91. The van der Waals surface area contributed by atoms with Crippen molar-refractivity contribution in [1.29, 1.82) is 0 Å². The average Bonchev–Trinajstić information content (AvgIpc) is 2.72. The van der Waals surface area contributed by atoms with Gasteiger partial charge in [0.15, 0.2) is 0 Å². The molecule has 0 aromatic carbocycles. The van der Waals surface area contributed by atoms with Crippen LogP contribution in [0.15, 0.2) is 0 Å². The number of hydrogen-bond donors (Lipinski definition) is 3. The van der Waals surface area contributed by atoms with Crippen molar-refractivity contribution in [3.8, 4) is 0 Å². The molecule has 0 aliphatic heterocycles. The van der Waals surface area contributed by atoms with Gasteiger partial charge in [-0.15, -0.1) is 0 Å². The summed E-state index contributed by atoms with van der Waals surface area (Å²) in [4.78, 5) is 11.6. The van der Waals surface area contributed by atoms with Crippen LogP contribution in [-0.2, 0) is 4.79 Å². The van der Waals surface area contributed by atoms with Crippen molar-refractivity contribution in [2.24, 2.45) is 17.1 Å². The summed E-state index contributed by atoms with van der Waals surface area (Å²) in [6, 6.07) is 0.494. The fraction of sp³-hybridized carbons (Fsp3) is 0.917. The lowest BCUT2D eigenvalue weighted by Gasteiger charge is -2.27. The standard InChI is InChI=1S/C12H25N3O/c1-12(2,11(16)14-3)8-15-10-6-4-5-9(10)7-13/h9-10,15H,4-8,13H2,1-3H3,(H,14,16). The molecule has 1 rings (SSSR count). The van der Waals surface area contributed by atoms with Gasteiger partial charge >= 0.3 is 0 Å². The second-order valence-corrected chi connectivity index (χ2v) is 5.38. The van der Waals surface area contributed by atoms with Gasteiger partial charge in [0.1, 0.15) is 0 Å². The van der Waals surface area contributed by atoms with E-state index in [-0.39, 0.29) is 11.3 Å². The van der Waals surface area contributed by atoms with Gasteiger partial charge in [0, 0.05) is 19.6 Å². The van der Waals surface area contributed by atoms with Crippen molar-refractivity contribution < 1.29 is 4.79 Å². The van der Waals surface area contributed by atoms with Crippen molar-refractivity contribution in [3.63, 3.8) is 0 Å². The van der Waals surface area contributed by atoms with Crippen LogP contribution in [0, 0.1) is 11.3 Å². The second kappa shape index (κ2) is 5.64. The molecule has 1 aliphatic rings. The van der Waals surface area contributed by atoms with Gasteiger partial charge in [0.05, 0.1) is 5.41 Å². The minimum absolute atomic E-state index is 0.0855. The minimum atomic E-state index is -0.351. The molecule has 0 spiro atoms. The lowest BCUT2D eigenvalue weighted by Crippen LogP contribution is -2.46. The third-order valence-corrected chi connectivity index (χ3v) is 3.61. The van der Waals surface area contributed by atoms with Gasteiger partial charge in [-0.25, -0.2) is 0 Å². The summed E-state index contributed by atoms with van der Waals surface area (Å²) in [6.45, 7) is 5.39. The normalized spacial score (nSPS) is 25.8. The van der Waals surface area contributed by atoms with Crippen molar-refractivity contribution >= 4 is 5.91 Å². The van der Waals surface area contributed by atoms with E-state index in [1.54, 1.807) is 7.05 Å². The highest BCUT2D eigenvalue weighted by molar-refractivity contribution is 5.81. The van der Waals surface area contributed by atoms with Crippen LogP contribution in [0.4, 0.5) is 0 Å². The van der Waals surface area contributed by atoms with E-state index < -0.39 is 0 Å². The highest BCUT2D eigenvalue weighted by Crippen LogP contribution is 2.25. The number of rotatable bonds is 5. The summed E-state index contributed by atoms with van der Waals surface area (Å²) in [6.07, 6.45) is 3.65. The Kier molecular flexibility index (Phi) is 4.74. The third-order valence-electron chi connectivity index (χ3n) is 3.61. The van der Waals surface area contributed by atoms with Crippen LogP contribution in [0.2, 0.25) is 0 Å². The van der Waals surface area contributed by atoms with E-state index in [0.717, 1.165) is 6.54 Å². The summed E-state index contributed by atoms with van der Waals surface area (Å²) in [5.74, 6) is 0.669. The zero-order valence-electron chi connectivity index (χ0n) is 10.7. The zero-order chi connectivity index (χ0) is 12.2. The molecular weight excluding hydrogens is 202 g/mol. The van der Waals surface area contributed by atoms with E-state index in [1.165, 1.54) is 19.3 Å². The predicted molar refractivity (Wildman–Crippen MR) is 66.0 cm³/mol. The van der Waals surface area contributed by atoms with Gasteiger partial charge in [0.2, 0.25) is 5.91 Å². The van der Waals surface area contributed by atoms with Crippen LogP contribution in [0.1, 0.15) is 33.1 Å². The van der Waals surface area contributed by atoms with Crippen molar-refractivity contribution in [2.45, 2.75) is 39.2 Å². The van der Waals surface area contributed by atoms with Crippen LogP contribution in [0.5, 0.6) is 0 Å². The van der Waals surface area contributed by atoms with Crippen LogP contribution in [-0.4, -0.2) is 32.1 Å². The SMILES string of the molecule is CNC(=O)C(C)(C)CNC1CCCC1CN. The summed E-state index contributed by atoms with van der Waals surface area (Å²) in [5.41, 5.74) is 5.38. The summed E-state index contributed by atoms with van der Waals surface area (Å²) in [7, 11) is 1.68. The maximum Gasteiger partial charge on any atom is 0.226 e. The van der Waals surface area contributed by atoms with Gasteiger partial charge in [-0.2, -0.15) is 0 Å². The Labute approximate surface area is 98.3 Å². The molecule has 0 aromatic rings. The maximum atomic E-state index is 11.6. The van der Waals surface area contributed by atoms with E-state index in [0.29, 0.717) is 18.5 Å². The number of nitrogens with one attached hydrogen (secondary N) is 2. The zero-order valence-corrected chi connectivity index (χ0v) is 10.7. The molecule has 1 saturated carbocycles. The summed E-state index contributed by atoms with van der Waals surface area (Å²) in [5, 5.41) is 6.20. The maximum absolute atomic E-state index is 11.6. The molecule has 1 fully saturated rings. The molecule has 1 aliphatic carbocycles. The van der Waals surface area contributed by atoms with Crippen molar-refractivity contribution in [1.82, 2.24) is 10.6 Å². The van der Waals surface area contributed by atoms with Gasteiger partial charge in [-0.3, -0.25) is 4.79 Å². The number of amides is 1. The fourth-order valence-electron chi connectivity index (χ4n) is 2.39. The molecule has 1 amide bonds. The molecule has 4 N–H and O–H groups in total. The molecule has 0 saturated heterocycles. The molecule has 4 nitrogen and oxygen atoms in total. The molecule has 2 atom stereocenters. The molecule has 16 heavy (non-hydrogen) atoms. The molecule has 94 valence electrons.